The Kier molecular flexibility index (Phi) is 16.0. The average molecular weight is 541 g/mol. The van der Waals surface area contributed by atoms with Crippen LogP contribution < -0.4 is 10.1 Å². The largest absolute Gasteiger partial charge is 0.487 e. The number of rotatable bonds is 15. The molecule has 0 radical (unpaired) electrons. The number of alkyl halides is 2. The second-order valence-corrected chi connectivity index (χ2v) is 8.83. The number of nitrogens with one attached hydrogen (secondary N) is 1. The highest BCUT2D eigenvalue weighted by Gasteiger charge is 2.27. The lowest BCUT2D eigenvalue weighted by atomic mass is 10.1. The van der Waals surface area contributed by atoms with E-state index in [1.54, 1.807) is 30.3 Å². The van der Waals surface area contributed by atoms with Crippen molar-refractivity contribution in [3.05, 3.63) is 64.8 Å². The molecule has 0 heterocycles. The molecule has 1 aromatic rings. The van der Waals surface area contributed by atoms with Crippen LogP contribution in [0.15, 0.2) is 54.6 Å². The molecule has 1 fully saturated rings. The molecule has 1 N–H and O–H groups in total. The third kappa shape index (κ3) is 17.0. The molecule has 1 atom stereocenters. The van der Waals surface area contributed by atoms with Crippen LogP contribution in [0.1, 0.15) is 58.8 Å². The fourth-order valence-electron chi connectivity index (χ4n) is 3.42. The molecule has 1 unspecified atom stereocenters. The Balaban J connectivity index is 0.000000381. The Labute approximate surface area is 222 Å². The topological polar surface area (TPSA) is 117 Å². The van der Waals surface area contributed by atoms with Crippen LogP contribution in [-0.2, 0) is 19.2 Å². The number of ether oxygens (including phenoxy) is 2. The van der Waals surface area contributed by atoms with Gasteiger partial charge in [0.05, 0.1) is 0 Å². The van der Waals surface area contributed by atoms with Crippen LogP contribution in [-0.4, -0.2) is 48.7 Å². The van der Waals surface area contributed by atoms with E-state index in [2.05, 4.69) is 10.2 Å². The van der Waals surface area contributed by atoms with Crippen molar-refractivity contribution in [3.8, 4) is 5.75 Å². The van der Waals surface area contributed by atoms with Gasteiger partial charge in [0.15, 0.2) is 6.61 Å². The van der Waals surface area contributed by atoms with Gasteiger partial charge < -0.3 is 19.6 Å². The fourth-order valence-corrected chi connectivity index (χ4v) is 3.42. The van der Waals surface area contributed by atoms with E-state index in [1.165, 1.54) is 6.92 Å². The van der Waals surface area contributed by atoms with Gasteiger partial charge >= 0.3 is 5.97 Å². The SMILES string of the molecule is C/C=C\CCCC(=O)NCC(=O)OCC(C)O[N+](=O)[O-].FC(F)(/C=C/C1CCCC1)COc1ccccc1. The summed E-state index contributed by atoms with van der Waals surface area (Å²) in [5, 5.41) is 11.5. The van der Waals surface area contributed by atoms with Crippen LogP contribution >= 0.6 is 0 Å². The molecule has 0 spiro atoms. The Hall–Kier alpha value is -3.50. The van der Waals surface area contributed by atoms with Gasteiger partial charge in [-0.2, -0.15) is 8.78 Å². The molecule has 9 nitrogen and oxygen atoms in total. The molecule has 0 aliphatic heterocycles. The molecular formula is C27H38F2N2O7. The fraction of sp³-hybridized carbons (Fsp3) is 0.556. The Morgan fingerprint density at radius 3 is 2.55 bits per heavy atom. The van der Waals surface area contributed by atoms with Gasteiger partial charge in [0.1, 0.15) is 25.0 Å². The number of hydrogen-bond donors (Lipinski definition) is 1. The summed E-state index contributed by atoms with van der Waals surface area (Å²) in [6.45, 7) is 2.21. The van der Waals surface area contributed by atoms with Crippen molar-refractivity contribution in [1.82, 2.24) is 5.32 Å². The summed E-state index contributed by atoms with van der Waals surface area (Å²) in [5.41, 5.74) is 0. The van der Waals surface area contributed by atoms with E-state index >= 15 is 0 Å². The van der Waals surface area contributed by atoms with Crippen LogP contribution in [0.4, 0.5) is 8.78 Å². The molecule has 2 rings (SSSR count). The van der Waals surface area contributed by atoms with Crippen LogP contribution in [0.2, 0.25) is 0 Å². The van der Waals surface area contributed by atoms with Crippen molar-refractivity contribution in [2.45, 2.75) is 70.8 Å². The quantitative estimate of drug-likeness (QED) is 0.104. The van der Waals surface area contributed by atoms with Crippen molar-refractivity contribution < 1.29 is 37.8 Å². The molecule has 1 aromatic carbocycles. The number of hydrogen-bond acceptors (Lipinski definition) is 7. The molecule has 1 aliphatic carbocycles. The summed E-state index contributed by atoms with van der Waals surface area (Å²) in [5.74, 6) is -2.98. The molecule has 0 saturated heterocycles. The van der Waals surface area contributed by atoms with Crippen molar-refractivity contribution in [2.24, 2.45) is 5.92 Å². The smallest absolute Gasteiger partial charge is 0.325 e. The second kappa shape index (κ2) is 18.7. The molecule has 11 heteroatoms. The molecular weight excluding hydrogens is 502 g/mol. The van der Waals surface area contributed by atoms with Gasteiger partial charge in [-0.05, 0) is 63.7 Å². The maximum atomic E-state index is 13.6. The van der Waals surface area contributed by atoms with E-state index in [0.717, 1.165) is 38.2 Å². The predicted octanol–water partition coefficient (Wildman–Crippen LogP) is 5.44. The van der Waals surface area contributed by atoms with Gasteiger partial charge in [0.2, 0.25) is 5.91 Å². The van der Waals surface area contributed by atoms with Crippen molar-refractivity contribution in [1.29, 1.82) is 0 Å². The highest BCUT2D eigenvalue weighted by atomic mass is 19.3. The van der Waals surface area contributed by atoms with Crippen LogP contribution in [0, 0.1) is 16.0 Å². The summed E-state index contributed by atoms with van der Waals surface area (Å²) in [4.78, 5) is 36.7. The number of unbranched alkanes of at least 4 members (excludes halogenated alkanes) is 1. The van der Waals surface area contributed by atoms with E-state index in [1.807, 2.05) is 25.1 Å². The van der Waals surface area contributed by atoms with Gasteiger partial charge in [0.25, 0.3) is 11.0 Å². The number of halogens is 2. The van der Waals surface area contributed by atoms with E-state index in [9.17, 15) is 28.5 Å². The van der Waals surface area contributed by atoms with Crippen LogP contribution in [0.5, 0.6) is 5.75 Å². The van der Waals surface area contributed by atoms with Crippen LogP contribution in [0.25, 0.3) is 0 Å². The number of carbonyl (C=O) groups excluding carboxylic acids is 2. The first-order valence-corrected chi connectivity index (χ1v) is 12.7. The number of allylic oxidation sites excluding steroid dienone is 3. The highest BCUT2D eigenvalue weighted by molar-refractivity contribution is 5.81. The molecule has 212 valence electrons. The number of amides is 1. The van der Waals surface area contributed by atoms with Crippen LogP contribution in [0.3, 0.4) is 0 Å². The third-order valence-electron chi connectivity index (χ3n) is 5.37. The normalized spacial score (nSPS) is 14.5. The summed E-state index contributed by atoms with van der Waals surface area (Å²) in [6.07, 6.45) is 11.9. The minimum atomic E-state index is -2.89. The number of para-hydroxylation sites is 1. The lowest BCUT2D eigenvalue weighted by Gasteiger charge is -2.14. The highest BCUT2D eigenvalue weighted by Crippen LogP contribution is 2.27. The summed E-state index contributed by atoms with van der Waals surface area (Å²) < 4.78 is 36.9. The number of esters is 1. The first-order valence-electron chi connectivity index (χ1n) is 12.7. The first-order chi connectivity index (χ1) is 18.1. The Morgan fingerprint density at radius 1 is 1.24 bits per heavy atom. The van der Waals surface area contributed by atoms with E-state index in [-0.39, 0.29) is 19.1 Å². The van der Waals surface area contributed by atoms with Gasteiger partial charge in [-0.15, -0.1) is 10.1 Å². The van der Waals surface area contributed by atoms with E-state index in [0.29, 0.717) is 24.5 Å². The number of benzene rings is 1. The Bertz CT molecular complexity index is 889. The maximum Gasteiger partial charge on any atom is 0.325 e. The van der Waals surface area contributed by atoms with Gasteiger partial charge in [0, 0.05) is 6.42 Å². The summed E-state index contributed by atoms with van der Waals surface area (Å²) in [7, 11) is 0. The molecule has 0 bridgehead atoms. The first kappa shape index (κ1) is 32.5. The van der Waals surface area contributed by atoms with E-state index in [4.69, 9.17) is 9.47 Å². The maximum absolute atomic E-state index is 13.6. The van der Waals surface area contributed by atoms with E-state index < -0.39 is 29.7 Å². The second-order valence-electron chi connectivity index (χ2n) is 8.83. The monoisotopic (exact) mass is 540 g/mol. The zero-order valence-corrected chi connectivity index (χ0v) is 22.0. The molecule has 38 heavy (non-hydrogen) atoms. The average Bonchev–Trinajstić information content (AvgIpc) is 3.41. The number of nitrogens with zero attached hydrogens (tertiary/aromatic N) is 1. The van der Waals surface area contributed by atoms with Gasteiger partial charge in [-0.25, -0.2) is 0 Å². The molecule has 1 amide bonds. The minimum Gasteiger partial charge on any atom is -0.487 e. The zero-order valence-electron chi connectivity index (χ0n) is 22.0. The third-order valence-corrected chi connectivity index (χ3v) is 5.37. The predicted molar refractivity (Wildman–Crippen MR) is 138 cm³/mol. The zero-order chi connectivity index (χ0) is 28.2. The van der Waals surface area contributed by atoms with Crippen molar-refractivity contribution >= 4 is 11.9 Å². The molecule has 0 aromatic heterocycles. The van der Waals surface area contributed by atoms with Gasteiger partial charge in [-0.1, -0.05) is 49.3 Å². The molecule has 1 aliphatic rings. The van der Waals surface area contributed by atoms with Crippen molar-refractivity contribution in [3.63, 3.8) is 0 Å². The number of carbonyl (C=O) groups is 2. The molecule has 1 saturated carbocycles. The van der Waals surface area contributed by atoms with Gasteiger partial charge in [-0.3, -0.25) is 9.59 Å². The standard InChI is InChI=1S/C15H18F2O.C12H20N2O6/c16-15(17,11-10-13-6-4-5-7-13)12-18-14-8-2-1-3-9-14;1-3-4-5-6-7-11(15)13-8-12(16)19-9-10(2)20-14(17)18/h1-3,8-11,13H,4-7,12H2;3-4,10H,5-9H2,1-2H3,(H,13,15)/b11-10+;4-3-. The minimum absolute atomic E-state index is 0.235. The lowest BCUT2D eigenvalue weighted by molar-refractivity contribution is -0.767. The lowest BCUT2D eigenvalue weighted by Crippen LogP contribution is -2.32. The Morgan fingerprint density at radius 2 is 1.92 bits per heavy atom. The van der Waals surface area contributed by atoms with Crippen molar-refractivity contribution in [2.75, 3.05) is 19.8 Å². The summed E-state index contributed by atoms with van der Waals surface area (Å²) >= 11 is 0. The summed E-state index contributed by atoms with van der Waals surface area (Å²) in [6, 6.07) is 8.71.